The summed E-state index contributed by atoms with van der Waals surface area (Å²) in [5.41, 5.74) is -0.110. The molecule has 0 bridgehead atoms. The average Bonchev–Trinajstić information content (AvgIpc) is 3.05. The van der Waals surface area contributed by atoms with Gasteiger partial charge < -0.3 is 65.3 Å². The molecule has 0 radical (unpaired) electrons. The van der Waals surface area contributed by atoms with E-state index < -0.39 is 86.8 Å². The van der Waals surface area contributed by atoms with Crippen LogP contribution in [-0.2, 0) is 20.8 Å². The lowest BCUT2D eigenvalue weighted by Crippen LogP contribution is -2.58. The van der Waals surface area contributed by atoms with E-state index in [2.05, 4.69) is 0 Å². The van der Waals surface area contributed by atoms with E-state index in [4.69, 9.17) is 19.3 Å². The number of hydrogen-bond donors (Lipinski definition) is 10. The highest BCUT2D eigenvalue weighted by Crippen LogP contribution is 2.41. The fourth-order valence-corrected chi connectivity index (χ4v) is 3.99. The summed E-state index contributed by atoms with van der Waals surface area (Å²) in [6, 6.07) is 2.08. The number of ether oxygens (including phenoxy) is 3. The van der Waals surface area contributed by atoms with Crippen molar-refractivity contribution in [2.45, 2.75) is 67.8 Å². The number of aromatic hydroxyl groups is 2. The monoisotopic (exact) mass is 464 g/mol. The maximum atomic E-state index is 10.7. The van der Waals surface area contributed by atoms with Gasteiger partial charge in [0.15, 0.2) is 6.29 Å². The molecule has 10 atom stereocenters. The Morgan fingerprint density at radius 2 is 1.59 bits per heavy atom. The van der Waals surface area contributed by atoms with Crippen molar-refractivity contribution >= 4 is 0 Å². The molecule has 32 heavy (non-hydrogen) atoms. The SMILES string of the molecule is OCc1cc(O)cc(O)c1[C@@H]1O[C@H](CO)[C@@H](O[C@@H]2O[C@@H](C(O)CO)[C@H](O)[C@H]2O)[C@H](O)[C@H]1O. The highest BCUT2D eigenvalue weighted by atomic mass is 16.7. The summed E-state index contributed by atoms with van der Waals surface area (Å²) in [7, 11) is 0. The third-order valence-electron chi connectivity index (χ3n) is 5.66. The van der Waals surface area contributed by atoms with Crippen LogP contribution in [0.15, 0.2) is 12.1 Å². The van der Waals surface area contributed by atoms with E-state index in [1.54, 1.807) is 0 Å². The summed E-state index contributed by atoms with van der Waals surface area (Å²) in [6.45, 7) is -2.15. The highest BCUT2D eigenvalue weighted by molar-refractivity contribution is 5.47. The molecule has 3 rings (SSSR count). The van der Waals surface area contributed by atoms with Gasteiger partial charge in [-0.3, -0.25) is 0 Å². The third-order valence-corrected chi connectivity index (χ3v) is 5.66. The molecule has 182 valence electrons. The Morgan fingerprint density at radius 1 is 0.906 bits per heavy atom. The number of benzene rings is 1. The Labute approximate surface area is 181 Å². The molecule has 0 amide bonds. The van der Waals surface area contributed by atoms with Crippen molar-refractivity contribution in [1.29, 1.82) is 0 Å². The van der Waals surface area contributed by atoms with Gasteiger partial charge in [0.2, 0.25) is 0 Å². The lowest BCUT2D eigenvalue weighted by molar-refractivity contribution is -0.291. The summed E-state index contributed by atoms with van der Waals surface area (Å²) in [5, 5.41) is 99.4. The third kappa shape index (κ3) is 4.55. The van der Waals surface area contributed by atoms with E-state index in [0.717, 1.165) is 12.1 Å². The van der Waals surface area contributed by atoms with E-state index in [1.165, 1.54) is 0 Å². The molecule has 2 saturated heterocycles. The zero-order valence-corrected chi connectivity index (χ0v) is 16.7. The van der Waals surface area contributed by atoms with Crippen LogP contribution in [-0.4, -0.2) is 119 Å². The molecule has 13 heteroatoms. The van der Waals surface area contributed by atoms with Crippen molar-refractivity contribution in [2.24, 2.45) is 0 Å². The summed E-state index contributed by atoms with van der Waals surface area (Å²) >= 11 is 0. The Bertz CT molecular complexity index is 774. The maximum absolute atomic E-state index is 10.7. The lowest BCUT2D eigenvalue weighted by atomic mass is 9.88. The van der Waals surface area contributed by atoms with E-state index >= 15 is 0 Å². The topological polar surface area (TPSA) is 230 Å². The minimum absolute atomic E-state index is 0.00770. The second-order valence-corrected chi connectivity index (χ2v) is 7.76. The molecule has 2 fully saturated rings. The van der Waals surface area contributed by atoms with Crippen LogP contribution < -0.4 is 0 Å². The minimum atomic E-state index is -1.76. The molecule has 0 spiro atoms. The predicted octanol–water partition coefficient (Wildman–Crippen LogP) is -4.07. The first-order valence-electron chi connectivity index (χ1n) is 9.88. The number of aliphatic hydroxyl groups excluding tert-OH is 8. The molecule has 2 aliphatic heterocycles. The molecule has 13 nitrogen and oxygen atoms in total. The second-order valence-electron chi connectivity index (χ2n) is 7.76. The molecule has 0 aromatic heterocycles. The zero-order chi connectivity index (χ0) is 23.7. The molecule has 10 N–H and O–H groups in total. The highest BCUT2D eigenvalue weighted by Gasteiger charge is 2.52. The van der Waals surface area contributed by atoms with Crippen LogP contribution >= 0.6 is 0 Å². The second kappa shape index (κ2) is 10.1. The fourth-order valence-electron chi connectivity index (χ4n) is 3.99. The van der Waals surface area contributed by atoms with Gasteiger partial charge in [-0.1, -0.05) is 0 Å². The number of phenols is 2. The van der Waals surface area contributed by atoms with Gasteiger partial charge in [0.05, 0.1) is 19.8 Å². The molecule has 1 aromatic rings. The Hall–Kier alpha value is -1.62. The normalized spacial score (nSPS) is 38.7. The number of hydrogen-bond acceptors (Lipinski definition) is 13. The first-order chi connectivity index (χ1) is 15.1. The quantitative estimate of drug-likeness (QED) is 0.185. The minimum Gasteiger partial charge on any atom is -0.508 e. The number of aliphatic hydroxyl groups is 8. The van der Waals surface area contributed by atoms with Crippen molar-refractivity contribution in [1.82, 2.24) is 0 Å². The smallest absolute Gasteiger partial charge is 0.187 e. The van der Waals surface area contributed by atoms with Crippen LogP contribution in [0.4, 0.5) is 0 Å². The van der Waals surface area contributed by atoms with Gasteiger partial charge >= 0.3 is 0 Å². The van der Waals surface area contributed by atoms with E-state index in [-0.39, 0.29) is 16.9 Å². The van der Waals surface area contributed by atoms with Crippen LogP contribution in [0.1, 0.15) is 17.2 Å². The van der Waals surface area contributed by atoms with Gasteiger partial charge in [-0.05, 0) is 11.6 Å². The average molecular weight is 464 g/mol. The van der Waals surface area contributed by atoms with Gasteiger partial charge in [-0.2, -0.15) is 0 Å². The van der Waals surface area contributed by atoms with Crippen LogP contribution in [0, 0.1) is 0 Å². The maximum Gasteiger partial charge on any atom is 0.187 e. The molecule has 1 aromatic carbocycles. The van der Waals surface area contributed by atoms with Crippen molar-refractivity contribution in [2.75, 3.05) is 13.2 Å². The van der Waals surface area contributed by atoms with E-state index in [0.29, 0.717) is 0 Å². The van der Waals surface area contributed by atoms with Gasteiger partial charge in [-0.15, -0.1) is 0 Å². The molecule has 0 saturated carbocycles. The molecular formula is C19H28O13. The van der Waals surface area contributed by atoms with Gasteiger partial charge in [0, 0.05) is 11.6 Å². The number of rotatable bonds is 7. The lowest BCUT2D eigenvalue weighted by Gasteiger charge is -2.43. The van der Waals surface area contributed by atoms with Crippen molar-refractivity contribution in [3.8, 4) is 11.5 Å². The first-order valence-corrected chi connectivity index (χ1v) is 9.88. The van der Waals surface area contributed by atoms with E-state index in [9.17, 15) is 46.0 Å². The van der Waals surface area contributed by atoms with Crippen LogP contribution in [0.3, 0.4) is 0 Å². The van der Waals surface area contributed by atoms with Crippen molar-refractivity contribution < 1.29 is 65.3 Å². The summed E-state index contributed by atoms with van der Waals surface area (Å²) in [5.74, 6) is -0.883. The Kier molecular flexibility index (Phi) is 7.90. The van der Waals surface area contributed by atoms with E-state index in [1.807, 2.05) is 0 Å². The standard InChI is InChI=1S/C19H28O13/c20-3-6-1-7(23)2-8(24)11(6)18-13(27)12(26)17(10(5-22)30-18)32-19-15(29)14(28)16(31-19)9(25)4-21/h1-2,9-10,12-29H,3-5H2/t9?,10-,12-,13-,14-,15-,16+,17-,18+,19+/m1/s1. The van der Waals surface area contributed by atoms with Crippen LogP contribution in [0.25, 0.3) is 0 Å². The van der Waals surface area contributed by atoms with Crippen LogP contribution in [0.5, 0.6) is 11.5 Å². The predicted molar refractivity (Wildman–Crippen MR) is 101 cm³/mol. The summed E-state index contributed by atoms with van der Waals surface area (Å²) < 4.78 is 16.3. The molecule has 2 aliphatic rings. The Morgan fingerprint density at radius 3 is 2.19 bits per heavy atom. The molecule has 2 heterocycles. The van der Waals surface area contributed by atoms with Gasteiger partial charge in [0.25, 0.3) is 0 Å². The van der Waals surface area contributed by atoms with Gasteiger partial charge in [0.1, 0.15) is 66.4 Å². The Balaban J connectivity index is 1.83. The zero-order valence-electron chi connectivity index (χ0n) is 16.7. The summed E-state index contributed by atoms with van der Waals surface area (Å²) in [4.78, 5) is 0. The fraction of sp³-hybridized carbons (Fsp3) is 0.684. The first kappa shape index (κ1) is 25.0. The molecular weight excluding hydrogens is 436 g/mol. The van der Waals surface area contributed by atoms with Crippen LogP contribution in [0.2, 0.25) is 0 Å². The van der Waals surface area contributed by atoms with Crippen molar-refractivity contribution in [3.05, 3.63) is 23.3 Å². The number of phenolic OH excluding ortho intramolecular Hbond substituents is 2. The van der Waals surface area contributed by atoms with Gasteiger partial charge in [-0.25, -0.2) is 0 Å². The van der Waals surface area contributed by atoms with Crippen molar-refractivity contribution in [3.63, 3.8) is 0 Å². The molecule has 1 unspecified atom stereocenters. The largest absolute Gasteiger partial charge is 0.508 e. The summed E-state index contributed by atoms with van der Waals surface area (Å²) in [6.07, 6.45) is -15.6. The molecule has 0 aliphatic carbocycles.